The van der Waals surface area contributed by atoms with Crippen LogP contribution in [-0.2, 0) is 6.54 Å². The molecule has 0 atom stereocenters. The van der Waals surface area contributed by atoms with E-state index in [0.717, 1.165) is 12.5 Å². The van der Waals surface area contributed by atoms with E-state index in [4.69, 9.17) is 5.73 Å². The highest BCUT2D eigenvalue weighted by Crippen LogP contribution is 2.47. The molecule has 1 aliphatic rings. The Bertz CT molecular complexity index is 348. The number of nitrogen functional groups attached to an aromatic ring is 1. The maximum Gasteiger partial charge on any atom is 0.145 e. The number of aryl methyl sites for hydroxylation is 2. The molecule has 0 radical (unpaired) electrons. The van der Waals surface area contributed by atoms with E-state index >= 15 is 0 Å². The molecule has 1 aliphatic carbocycles. The molecule has 15 heavy (non-hydrogen) atoms. The summed E-state index contributed by atoms with van der Waals surface area (Å²) < 4.78 is 2.03. The fourth-order valence-corrected chi connectivity index (χ4v) is 2.22. The monoisotopic (exact) mass is 207 g/mol. The molecule has 1 saturated carbocycles. The fourth-order valence-electron chi connectivity index (χ4n) is 2.22. The van der Waals surface area contributed by atoms with Crippen molar-refractivity contribution >= 4 is 5.82 Å². The van der Waals surface area contributed by atoms with Crippen molar-refractivity contribution in [1.29, 1.82) is 0 Å². The number of nitrogens with two attached hydrogens (primary N) is 1. The Labute approximate surface area is 91.7 Å². The van der Waals surface area contributed by atoms with Gasteiger partial charge in [-0.15, -0.1) is 0 Å². The van der Waals surface area contributed by atoms with Crippen LogP contribution in [0.2, 0.25) is 0 Å². The minimum Gasteiger partial charge on any atom is -0.382 e. The highest BCUT2D eigenvalue weighted by Gasteiger charge is 2.37. The highest BCUT2D eigenvalue weighted by atomic mass is 15.3. The van der Waals surface area contributed by atoms with Gasteiger partial charge in [0.25, 0.3) is 0 Å². The molecule has 0 unspecified atom stereocenters. The van der Waals surface area contributed by atoms with Gasteiger partial charge in [-0.1, -0.05) is 13.8 Å². The van der Waals surface area contributed by atoms with Crippen molar-refractivity contribution in [3.8, 4) is 0 Å². The van der Waals surface area contributed by atoms with Crippen LogP contribution in [0, 0.1) is 18.3 Å². The molecule has 1 heterocycles. The lowest BCUT2D eigenvalue weighted by atomic mass is 9.84. The van der Waals surface area contributed by atoms with Crippen LogP contribution in [0.15, 0.2) is 6.07 Å². The van der Waals surface area contributed by atoms with Crippen LogP contribution in [0.5, 0.6) is 0 Å². The van der Waals surface area contributed by atoms with E-state index in [0.29, 0.717) is 11.2 Å². The van der Waals surface area contributed by atoms with E-state index in [1.54, 1.807) is 0 Å². The van der Waals surface area contributed by atoms with E-state index in [2.05, 4.69) is 25.9 Å². The second-order valence-electron chi connectivity index (χ2n) is 5.45. The third kappa shape index (κ3) is 2.33. The van der Waals surface area contributed by atoms with E-state index < -0.39 is 0 Å². The van der Waals surface area contributed by atoms with Gasteiger partial charge in [-0.2, -0.15) is 5.10 Å². The van der Waals surface area contributed by atoms with E-state index in [1.165, 1.54) is 25.0 Å². The van der Waals surface area contributed by atoms with Gasteiger partial charge in [0.05, 0.1) is 0 Å². The van der Waals surface area contributed by atoms with Crippen molar-refractivity contribution in [3.05, 3.63) is 11.8 Å². The lowest BCUT2D eigenvalue weighted by Gasteiger charge is -2.24. The molecule has 2 N–H and O–H groups in total. The highest BCUT2D eigenvalue weighted by molar-refractivity contribution is 5.28. The largest absolute Gasteiger partial charge is 0.382 e. The zero-order valence-electron chi connectivity index (χ0n) is 9.95. The summed E-state index contributed by atoms with van der Waals surface area (Å²) >= 11 is 0. The third-order valence-electron chi connectivity index (χ3n) is 3.65. The van der Waals surface area contributed by atoms with Gasteiger partial charge >= 0.3 is 0 Å². The minimum atomic E-state index is 0.465. The first-order valence-corrected chi connectivity index (χ1v) is 5.79. The molecule has 1 fully saturated rings. The number of hydrogen-bond acceptors (Lipinski definition) is 2. The SMILES string of the molecule is Cc1cc(N)nn1CCC(C)(C)C1CC1. The fraction of sp³-hybridized carbons (Fsp3) is 0.750. The smallest absolute Gasteiger partial charge is 0.145 e. The topological polar surface area (TPSA) is 43.8 Å². The maximum absolute atomic E-state index is 5.66. The summed E-state index contributed by atoms with van der Waals surface area (Å²) in [5.74, 6) is 1.57. The number of rotatable bonds is 4. The van der Waals surface area contributed by atoms with Gasteiger partial charge in [-0.25, -0.2) is 0 Å². The molecular weight excluding hydrogens is 186 g/mol. The third-order valence-corrected chi connectivity index (χ3v) is 3.65. The first-order valence-electron chi connectivity index (χ1n) is 5.79. The molecule has 0 aromatic carbocycles. The van der Waals surface area contributed by atoms with Gasteiger partial charge in [-0.05, 0) is 37.5 Å². The number of aromatic nitrogens is 2. The summed E-state index contributed by atoms with van der Waals surface area (Å²) in [6.07, 6.45) is 4.01. The Balaban J connectivity index is 1.95. The molecule has 0 amide bonds. The molecule has 0 spiro atoms. The quantitative estimate of drug-likeness (QED) is 0.824. The van der Waals surface area contributed by atoms with Crippen LogP contribution in [0.3, 0.4) is 0 Å². The van der Waals surface area contributed by atoms with Crippen molar-refractivity contribution in [2.75, 3.05) is 5.73 Å². The minimum absolute atomic E-state index is 0.465. The van der Waals surface area contributed by atoms with Crippen molar-refractivity contribution in [2.24, 2.45) is 11.3 Å². The van der Waals surface area contributed by atoms with E-state index in [1.807, 2.05) is 10.7 Å². The van der Waals surface area contributed by atoms with Crippen LogP contribution in [0.1, 0.15) is 38.8 Å². The summed E-state index contributed by atoms with van der Waals surface area (Å²) in [7, 11) is 0. The predicted octanol–water partition coefficient (Wildman–Crippen LogP) is 2.60. The molecule has 0 aliphatic heterocycles. The summed E-state index contributed by atoms with van der Waals surface area (Å²) in [4.78, 5) is 0. The molecule has 1 aromatic heterocycles. The molecule has 1 aromatic rings. The summed E-state index contributed by atoms with van der Waals surface area (Å²) in [5, 5.41) is 4.29. The first kappa shape index (κ1) is 10.5. The normalized spacial score (nSPS) is 17.0. The Morgan fingerprint density at radius 3 is 2.67 bits per heavy atom. The summed E-state index contributed by atoms with van der Waals surface area (Å²) in [5.41, 5.74) is 7.29. The van der Waals surface area contributed by atoms with Gasteiger partial charge in [-0.3, -0.25) is 4.68 Å². The van der Waals surface area contributed by atoms with E-state index in [9.17, 15) is 0 Å². The Kier molecular flexibility index (Phi) is 2.49. The van der Waals surface area contributed by atoms with Crippen molar-refractivity contribution in [1.82, 2.24) is 9.78 Å². The van der Waals surface area contributed by atoms with Crippen LogP contribution < -0.4 is 5.73 Å². The van der Waals surface area contributed by atoms with Gasteiger partial charge < -0.3 is 5.73 Å². The van der Waals surface area contributed by atoms with Crippen LogP contribution in [0.25, 0.3) is 0 Å². The summed E-state index contributed by atoms with van der Waals surface area (Å²) in [6.45, 7) is 7.79. The first-order chi connectivity index (χ1) is 6.99. The Hall–Kier alpha value is -0.990. The number of hydrogen-bond donors (Lipinski definition) is 1. The van der Waals surface area contributed by atoms with Gasteiger partial charge in [0.1, 0.15) is 5.82 Å². The molecule has 0 saturated heterocycles. The number of nitrogens with zero attached hydrogens (tertiary/aromatic N) is 2. The zero-order valence-corrected chi connectivity index (χ0v) is 9.95. The Morgan fingerprint density at radius 2 is 2.20 bits per heavy atom. The lowest BCUT2D eigenvalue weighted by Crippen LogP contribution is -2.18. The Morgan fingerprint density at radius 1 is 1.53 bits per heavy atom. The van der Waals surface area contributed by atoms with Crippen molar-refractivity contribution < 1.29 is 0 Å². The van der Waals surface area contributed by atoms with Crippen LogP contribution >= 0.6 is 0 Å². The van der Waals surface area contributed by atoms with Gasteiger partial charge in [0.2, 0.25) is 0 Å². The lowest BCUT2D eigenvalue weighted by molar-refractivity contribution is 0.261. The van der Waals surface area contributed by atoms with Gasteiger partial charge in [0.15, 0.2) is 0 Å². The average Bonchev–Trinajstić information content (AvgIpc) is 2.91. The summed E-state index contributed by atoms with van der Waals surface area (Å²) in [6, 6.07) is 1.93. The number of anilines is 1. The van der Waals surface area contributed by atoms with Gasteiger partial charge in [0, 0.05) is 18.3 Å². The average molecular weight is 207 g/mol. The van der Waals surface area contributed by atoms with E-state index in [-0.39, 0.29) is 0 Å². The van der Waals surface area contributed by atoms with Crippen LogP contribution in [0.4, 0.5) is 5.82 Å². The molecular formula is C12H21N3. The molecule has 84 valence electrons. The van der Waals surface area contributed by atoms with Crippen molar-refractivity contribution in [2.45, 2.75) is 46.6 Å². The maximum atomic E-state index is 5.66. The predicted molar refractivity (Wildman–Crippen MR) is 62.5 cm³/mol. The van der Waals surface area contributed by atoms with Crippen LogP contribution in [-0.4, -0.2) is 9.78 Å². The zero-order chi connectivity index (χ0) is 11.1. The van der Waals surface area contributed by atoms with Crippen molar-refractivity contribution in [3.63, 3.8) is 0 Å². The second kappa shape index (κ2) is 3.54. The molecule has 3 nitrogen and oxygen atoms in total. The molecule has 2 rings (SSSR count). The molecule has 0 bridgehead atoms. The second-order valence-corrected chi connectivity index (χ2v) is 5.45. The standard InChI is InChI=1S/C12H21N3/c1-9-8-11(13)14-15(9)7-6-12(2,3)10-4-5-10/h8,10H,4-7H2,1-3H3,(H2,13,14). The molecule has 3 heteroatoms.